The number of anilines is 1. The van der Waals surface area contributed by atoms with E-state index in [0.29, 0.717) is 0 Å². The van der Waals surface area contributed by atoms with Crippen LogP contribution in [-0.4, -0.2) is 45.7 Å². The SMILES string of the molecule is CSc1ncc2c(n1)CCN(Cc1ccc(N3CCCC3)nc1)C2. The standard InChI is InChI=1S/C18H23N5S/c1-24-18-20-11-15-13-22(9-6-16(15)21-18)12-14-4-5-17(19-10-14)23-7-2-3-8-23/h4-5,10-11H,2-3,6-9,12-13H2,1H3. The molecule has 4 heterocycles. The Bertz CT molecular complexity index is 697. The first-order valence-corrected chi connectivity index (χ1v) is 9.85. The van der Waals surface area contributed by atoms with Gasteiger partial charge in [0.25, 0.3) is 0 Å². The van der Waals surface area contributed by atoms with Crippen LogP contribution in [0.1, 0.15) is 29.7 Å². The summed E-state index contributed by atoms with van der Waals surface area (Å²) in [5, 5.41) is 0.879. The Kier molecular flexibility index (Phi) is 4.67. The van der Waals surface area contributed by atoms with E-state index in [1.807, 2.05) is 18.6 Å². The Hall–Kier alpha value is -1.66. The van der Waals surface area contributed by atoms with Gasteiger partial charge in [-0.2, -0.15) is 0 Å². The summed E-state index contributed by atoms with van der Waals surface area (Å²) in [6, 6.07) is 4.40. The van der Waals surface area contributed by atoms with Crippen molar-refractivity contribution in [3.63, 3.8) is 0 Å². The van der Waals surface area contributed by atoms with E-state index in [2.05, 4.69) is 36.9 Å². The Morgan fingerprint density at radius 1 is 1.08 bits per heavy atom. The zero-order chi connectivity index (χ0) is 16.4. The summed E-state index contributed by atoms with van der Waals surface area (Å²) in [5.41, 5.74) is 3.76. The molecule has 5 nitrogen and oxygen atoms in total. The molecule has 2 aromatic heterocycles. The fourth-order valence-electron chi connectivity index (χ4n) is 3.49. The Labute approximate surface area is 147 Å². The molecule has 0 bridgehead atoms. The van der Waals surface area contributed by atoms with E-state index in [0.717, 1.165) is 50.1 Å². The van der Waals surface area contributed by atoms with Gasteiger partial charge in [-0.1, -0.05) is 17.8 Å². The smallest absolute Gasteiger partial charge is 0.187 e. The number of hydrogen-bond acceptors (Lipinski definition) is 6. The lowest BCUT2D eigenvalue weighted by molar-refractivity contribution is 0.242. The minimum absolute atomic E-state index is 0.879. The van der Waals surface area contributed by atoms with Crippen molar-refractivity contribution in [1.82, 2.24) is 19.9 Å². The summed E-state index contributed by atoms with van der Waals surface area (Å²) < 4.78 is 0. The number of rotatable bonds is 4. The lowest BCUT2D eigenvalue weighted by Gasteiger charge is -2.28. The van der Waals surface area contributed by atoms with Crippen molar-refractivity contribution in [2.75, 3.05) is 30.8 Å². The molecule has 2 aliphatic rings. The van der Waals surface area contributed by atoms with Gasteiger partial charge in [-0.15, -0.1) is 0 Å². The largest absolute Gasteiger partial charge is 0.357 e. The van der Waals surface area contributed by atoms with Gasteiger partial charge in [-0.3, -0.25) is 4.90 Å². The van der Waals surface area contributed by atoms with E-state index >= 15 is 0 Å². The van der Waals surface area contributed by atoms with Gasteiger partial charge in [0.1, 0.15) is 5.82 Å². The van der Waals surface area contributed by atoms with Crippen molar-refractivity contribution in [1.29, 1.82) is 0 Å². The summed E-state index contributed by atoms with van der Waals surface area (Å²) in [5.74, 6) is 1.12. The van der Waals surface area contributed by atoms with Crippen LogP contribution < -0.4 is 4.90 Å². The molecule has 0 N–H and O–H groups in total. The molecular weight excluding hydrogens is 318 g/mol. The van der Waals surface area contributed by atoms with Crippen LogP contribution >= 0.6 is 11.8 Å². The number of fused-ring (bicyclic) bond motifs is 1. The van der Waals surface area contributed by atoms with Crippen LogP contribution in [-0.2, 0) is 19.5 Å². The van der Waals surface area contributed by atoms with Crippen LogP contribution in [0.3, 0.4) is 0 Å². The minimum atomic E-state index is 0.879. The highest BCUT2D eigenvalue weighted by Gasteiger charge is 2.19. The molecule has 4 rings (SSSR count). The summed E-state index contributed by atoms with van der Waals surface area (Å²) in [7, 11) is 0. The lowest BCUT2D eigenvalue weighted by atomic mass is 10.1. The fourth-order valence-corrected chi connectivity index (χ4v) is 3.85. The molecule has 2 aromatic rings. The maximum absolute atomic E-state index is 4.66. The van der Waals surface area contributed by atoms with E-state index in [1.54, 1.807) is 11.8 Å². The third kappa shape index (κ3) is 3.39. The Balaban J connectivity index is 1.40. The molecule has 126 valence electrons. The number of nitrogens with zero attached hydrogens (tertiary/aromatic N) is 5. The van der Waals surface area contributed by atoms with Crippen molar-refractivity contribution in [2.45, 2.75) is 37.5 Å². The average molecular weight is 341 g/mol. The van der Waals surface area contributed by atoms with E-state index < -0.39 is 0 Å². The van der Waals surface area contributed by atoms with Crippen LogP contribution in [0.5, 0.6) is 0 Å². The predicted octanol–water partition coefficient (Wildman–Crippen LogP) is 2.75. The summed E-state index contributed by atoms with van der Waals surface area (Å²) >= 11 is 1.61. The van der Waals surface area contributed by atoms with Gasteiger partial charge in [0, 0.05) is 57.1 Å². The highest BCUT2D eigenvalue weighted by molar-refractivity contribution is 7.98. The quantitative estimate of drug-likeness (QED) is 0.629. The van der Waals surface area contributed by atoms with Gasteiger partial charge in [-0.25, -0.2) is 15.0 Å². The van der Waals surface area contributed by atoms with E-state index in [4.69, 9.17) is 0 Å². The molecular formula is C18H23N5S. The van der Waals surface area contributed by atoms with Crippen LogP contribution in [0.2, 0.25) is 0 Å². The third-order valence-electron chi connectivity index (χ3n) is 4.82. The van der Waals surface area contributed by atoms with Crippen LogP contribution in [0, 0.1) is 0 Å². The molecule has 0 spiro atoms. The molecule has 0 aromatic carbocycles. The molecule has 1 fully saturated rings. The van der Waals surface area contributed by atoms with Crippen LogP contribution in [0.15, 0.2) is 29.7 Å². The van der Waals surface area contributed by atoms with E-state index in [1.165, 1.54) is 29.7 Å². The number of pyridine rings is 1. The molecule has 2 aliphatic heterocycles. The van der Waals surface area contributed by atoms with Crippen LogP contribution in [0.4, 0.5) is 5.82 Å². The number of hydrogen-bond donors (Lipinski definition) is 0. The minimum Gasteiger partial charge on any atom is -0.357 e. The van der Waals surface area contributed by atoms with Gasteiger partial charge in [0.2, 0.25) is 0 Å². The molecule has 0 unspecified atom stereocenters. The average Bonchev–Trinajstić information content (AvgIpc) is 3.16. The maximum Gasteiger partial charge on any atom is 0.187 e. The van der Waals surface area contributed by atoms with Gasteiger partial charge in [0.15, 0.2) is 5.16 Å². The first kappa shape index (κ1) is 15.8. The molecule has 6 heteroatoms. The van der Waals surface area contributed by atoms with Crippen molar-refractivity contribution >= 4 is 17.6 Å². The topological polar surface area (TPSA) is 45.2 Å². The van der Waals surface area contributed by atoms with Gasteiger partial charge in [0.05, 0.1) is 5.69 Å². The molecule has 0 amide bonds. The maximum atomic E-state index is 4.66. The highest BCUT2D eigenvalue weighted by Crippen LogP contribution is 2.22. The second kappa shape index (κ2) is 7.07. The van der Waals surface area contributed by atoms with Crippen molar-refractivity contribution in [2.24, 2.45) is 0 Å². The van der Waals surface area contributed by atoms with Crippen molar-refractivity contribution in [3.8, 4) is 0 Å². The van der Waals surface area contributed by atoms with E-state index in [-0.39, 0.29) is 0 Å². The van der Waals surface area contributed by atoms with Crippen LogP contribution in [0.25, 0.3) is 0 Å². The predicted molar refractivity (Wildman–Crippen MR) is 97.3 cm³/mol. The number of thioether (sulfide) groups is 1. The normalized spacial score (nSPS) is 18.0. The monoisotopic (exact) mass is 341 g/mol. The van der Waals surface area contributed by atoms with Gasteiger partial charge < -0.3 is 4.90 Å². The van der Waals surface area contributed by atoms with Crippen molar-refractivity contribution in [3.05, 3.63) is 41.3 Å². The molecule has 1 saturated heterocycles. The first-order chi connectivity index (χ1) is 11.8. The number of aromatic nitrogens is 3. The Morgan fingerprint density at radius 3 is 2.71 bits per heavy atom. The lowest BCUT2D eigenvalue weighted by Crippen LogP contribution is -2.31. The van der Waals surface area contributed by atoms with Gasteiger partial charge >= 0.3 is 0 Å². The molecule has 0 aliphatic carbocycles. The molecule has 0 atom stereocenters. The second-order valence-corrected chi connectivity index (χ2v) is 7.28. The zero-order valence-corrected chi connectivity index (χ0v) is 14.9. The second-order valence-electron chi connectivity index (χ2n) is 6.51. The third-order valence-corrected chi connectivity index (χ3v) is 5.38. The highest BCUT2D eigenvalue weighted by atomic mass is 32.2. The summed E-state index contributed by atoms with van der Waals surface area (Å²) in [6.07, 6.45) is 9.64. The molecule has 0 saturated carbocycles. The summed E-state index contributed by atoms with van der Waals surface area (Å²) in [4.78, 5) is 18.5. The fraction of sp³-hybridized carbons (Fsp3) is 0.500. The first-order valence-electron chi connectivity index (χ1n) is 8.63. The van der Waals surface area contributed by atoms with E-state index in [9.17, 15) is 0 Å². The molecule has 24 heavy (non-hydrogen) atoms. The molecule has 0 radical (unpaired) electrons. The zero-order valence-electron chi connectivity index (χ0n) is 14.1. The summed E-state index contributed by atoms with van der Waals surface area (Å²) in [6.45, 7) is 5.21. The Morgan fingerprint density at radius 2 is 1.96 bits per heavy atom. The van der Waals surface area contributed by atoms with Gasteiger partial charge in [-0.05, 0) is 30.7 Å². The van der Waals surface area contributed by atoms with Crippen molar-refractivity contribution < 1.29 is 0 Å².